The fourth-order valence-electron chi connectivity index (χ4n) is 2.03. The Labute approximate surface area is 126 Å². The average molecular weight is 307 g/mol. The molecular formula is C15H17NO4S. The largest absolute Gasteiger partial charge is 0.481 e. The molecule has 112 valence electrons. The molecular weight excluding hydrogens is 290 g/mol. The van der Waals surface area contributed by atoms with Gasteiger partial charge in [0.1, 0.15) is 12.2 Å². The van der Waals surface area contributed by atoms with E-state index in [1.165, 1.54) is 11.1 Å². The summed E-state index contributed by atoms with van der Waals surface area (Å²) in [6.45, 7) is 4.24. The summed E-state index contributed by atoms with van der Waals surface area (Å²) in [5.41, 5.74) is 0.967. The quantitative estimate of drug-likeness (QED) is 0.860. The Bertz CT molecular complexity index is 656. The molecule has 0 atom stereocenters. The molecule has 0 saturated heterocycles. The van der Waals surface area contributed by atoms with Gasteiger partial charge in [-0.1, -0.05) is 6.92 Å². The number of carboxylic acid groups (broad SMARTS) is 1. The highest BCUT2D eigenvalue weighted by Gasteiger charge is 2.20. The van der Waals surface area contributed by atoms with E-state index in [1.54, 1.807) is 18.3 Å². The van der Waals surface area contributed by atoms with Crippen LogP contribution in [0.4, 0.5) is 0 Å². The molecule has 0 radical (unpaired) electrons. The lowest BCUT2D eigenvalue weighted by atomic mass is 10.1. The van der Waals surface area contributed by atoms with E-state index in [0.29, 0.717) is 17.7 Å². The maximum absolute atomic E-state index is 12.2. The van der Waals surface area contributed by atoms with E-state index in [-0.39, 0.29) is 18.1 Å². The van der Waals surface area contributed by atoms with E-state index in [9.17, 15) is 9.59 Å². The number of carboxylic acids is 1. The van der Waals surface area contributed by atoms with Crippen molar-refractivity contribution < 1.29 is 19.1 Å². The topological polar surface area (TPSA) is 79.5 Å². The van der Waals surface area contributed by atoms with Gasteiger partial charge in [-0.2, -0.15) is 0 Å². The van der Waals surface area contributed by atoms with Crippen molar-refractivity contribution >= 4 is 23.2 Å². The molecule has 5 nitrogen and oxygen atoms in total. The monoisotopic (exact) mass is 307 g/mol. The number of hydrogen-bond donors (Lipinski definition) is 2. The van der Waals surface area contributed by atoms with Crippen LogP contribution in [0, 0.1) is 6.92 Å². The van der Waals surface area contributed by atoms with Gasteiger partial charge in [0.15, 0.2) is 0 Å². The van der Waals surface area contributed by atoms with Crippen LogP contribution in [0.1, 0.15) is 38.4 Å². The first-order chi connectivity index (χ1) is 10.0. The second kappa shape index (κ2) is 6.58. The molecule has 0 bridgehead atoms. The summed E-state index contributed by atoms with van der Waals surface area (Å²) >= 11 is 1.66. The molecule has 0 saturated carbocycles. The standard InChI is InChI=1S/C15H17NO4S/c1-3-10-4-5-11(21-10)7-16-15(19)14-9(2)8-20-12(14)6-13(17)18/h4-5,8H,3,6-7H2,1-2H3,(H,16,19)(H,17,18). The van der Waals surface area contributed by atoms with Crippen LogP contribution in [0.5, 0.6) is 0 Å². The molecule has 21 heavy (non-hydrogen) atoms. The fourth-order valence-corrected chi connectivity index (χ4v) is 2.93. The van der Waals surface area contributed by atoms with Crippen LogP contribution in [-0.4, -0.2) is 17.0 Å². The fraction of sp³-hybridized carbons (Fsp3) is 0.333. The first-order valence-electron chi connectivity index (χ1n) is 6.65. The van der Waals surface area contributed by atoms with Crippen molar-refractivity contribution in [2.24, 2.45) is 0 Å². The third-order valence-electron chi connectivity index (χ3n) is 3.08. The van der Waals surface area contributed by atoms with E-state index in [4.69, 9.17) is 9.52 Å². The van der Waals surface area contributed by atoms with Crippen molar-refractivity contribution in [2.75, 3.05) is 0 Å². The SMILES string of the molecule is CCc1ccc(CNC(=O)c2c(C)coc2CC(=O)O)s1. The molecule has 2 N–H and O–H groups in total. The van der Waals surface area contributed by atoms with Crippen LogP contribution in [0.25, 0.3) is 0 Å². The smallest absolute Gasteiger partial charge is 0.311 e. The second-order valence-corrected chi connectivity index (χ2v) is 5.94. The molecule has 0 spiro atoms. The third-order valence-corrected chi connectivity index (χ3v) is 4.31. The molecule has 0 aromatic carbocycles. The lowest BCUT2D eigenvalue weighted by Crippen LogP contribution is -2.24. The molecule has 1 amide bonds. The van der Waals surface area contributed by atoms with Gasteiger partial charge in [0, 0.05) is 15.3 Å². The number of amides is 1. The van der Waals surface area contributed by atoms with E-state index < -0.39 is 5.97 Å². The van der Waals surface area contributed by atoms with Crippen LogP contribution in [-0.2, 0) is 24.2 Å². The molecule has 2 aromatic heterocycles. The lowest BCUT2D eigenvalue weighted by molar-refractivity contribution is -0.136. The van der Waals surface area contributed by atoms with Gasteiger partial charge < -0.3 is 14.8 Å². The van der Waals surface area contributed by atoms with Gasteiger partial charge in [0.2, 0.25) is 0 Å². The van der Waals surface area contributed by atoms with Crippen molar-refractivity contribution in [3.8, 4) is 0 Å². The molecule has 2 heterocycles. The molecule has 0 aliphatic rings. The van der Waals surface area contributed by atoms with E-state index in [1.807, 2.05) is 12.1 Å². The molecule has 0 fully saturated rings. The molecule has 0 unspecified atom stereocenters. The zero-order chi connectivity index (χ0) is 15.4. The number of rotatable bonds is 6. The Morgan fingerprint density at radius 1 is 1.33 bits per heavy atom. The van der Waals surface area contributed by atoms with Crippen molar-refractivity contribution in [2.45, 2.75) is 33.2 Å². The summed E-state index contributed by atoms with van der Waals surface area (Å²) in [6.07, 6.45) is 2.09. The highest BCUT2D eigenvalue weighted by atomic mass is 32.1. The average Bonchev–Trinajstić information content (AvgIpc) is 3.02. The number of thiophene rings is 1. The Morgan fingerprint density at radius 2 is 2.05 bits per heavy atom. The maximum atomic E-state index is 12.2. The minimum atomic E-state index is -1.02. The Morgan fingerprint density at radius 3 is 2.67 bits per heavy atom. The van der Waals surface area contributed by atoms with Gasteiger partial charge in [-0.3, -0.25) is 9.59 Å². The van der Waals surface area contributed by atoms with Gasteiger partial charge in [-0.05, 0) is 25.5 Å². The third kappa shape index (κ3) is 3.72. The first-order valence-corrected chi connectivity index (χ1v) is 7.47. The predicted molar refractivity (Wildman–Crippen MR) is 79.7 cm³/mol. The van der Waals surface area contributed by atoms with Crippen LogP contribution in [0.15, 0.2) is 22.8 Å². The normalized spacial score (nSPS) is 10.6. The van der Waals surface area contributed by atoms with Crippen LogP contribution in [0.3, 0.4) is 0 Å². The summed E-state index contributed by atoms with van der Waals surface area (Å²) < 4.78 is 5.16. The van der Waals surface area contributed by atoms with Crippen LogP contribution >= 0.6 is 11.3 Å². The number of carbonyl (C=O) groups excluding carboxylic acids is 1. The van der Waals surface area contributed by atoms with Crippen molar-refractivity contribution in [1.29, 1.82) is 0 Å². The predicted octanol–water partition coefficient (Wildman–Crippen LogP) is 2.77. The van der Waals surface area contributed by atoms with Crippen molar-refractivity contribution in [3.63, 3.8) is 0 Å². The zero-order valence-electron chi connectivity index (χ0n) is 11.9. The highest BCUT2D eigenvalue weighted by molar-refractivity contribution is 7.11. The number of carbonyl (C=O) groups is 2. The summed E-state index contributed by atoms with van der Waals surface area (Å²) in [5.74, 6) is -1.13. The summed E-state index contributed by atoms with van der Waals surface area (Å²) in [6, 6.07) is 4.04. The van der Waals surface area contributed by atoms with Crippen LogP contribution < -0.4 is 5.32 Å². The van der Waals surface area contributed by atoms with Gasteiger partial charge in [-0.15, -0.1) is 11.3 Å². The number of aliphatic carboxylic acids is 1. The Kier molecular flexibility index (Phi) is 4.80. The molecule has 2 aromatic rings. The van der Waals surface area contributed by atoms with Crippen molar-refractivity contribution in [3.05, 3.63) is 45.0 Å². The summed E-state index contributed by atoms with van der Waals surface area (Å²) in [5, 5.41) is 11.6. The van der Waals surface area contributed by atoms with Gasteiger partial charge in [-0.25, -0.2) is 0 Å². The number of furan rings is 1. The van der Waals surface area contributed by atoms with E-state index in [2.05, 4.69) is 12.2 Å². The molecule has 2 rings (SSSR count). The highest BCUT2D eigenvalue weighted by Crippen LogP contribution is 2.19. The van der Waals surface area contributed by atoms with Crippen molar-refractivity contribution in [1.82, 2.24) is 5.32 Å². The van der Waals surface area contributed by atoms with E-state index in [0.717, 1.165) is 11.3 Å². The molecule has 0 aliphatic heterocycles. The Hall–Kier alpha value is -2.08. The summed E-state index contributed by atoms with van der Waals surface area (Å²) in [4.78, 5) is 25.3. The van der Waals surface area contributed by atoms with E-state index >= 15 is 0 Å². The first kappa shape index (κ1) is 15.3. The Balaban J connectivity index is 2.06. The maximum Gasteiger partial charge on any atom is 0.311 e. The second-order valence-electron chi connectivity index (χ2n) is 4.69. The molecule has 6 heteroatoms. The molecule has 0 aliphatic carbocycles. The number of aryl methyl sites for hydroxylation is 2. The summed E-state index contributed by atoms with van der Waals surface area (Å²) in [7, 11) is 0. The lowest BCUT2D eigenvalue weighted by Gasteiger charge is -2.04. The van der Waals surface area contributed by atoms with Gasteiger partial charge in [0.25, 0.3) is 5.91 Å². The number of hydrogen-bond acceptors (Lipinski definition) is 4. The number of nitrogens with one attached hydrogen (secondary N) is 1. The van der Waals surface area contributed by atoms with Gasteiger partial charge >= 0.3 is 5.97 Å². The van der Waals surface area contributed by atoms with Crippen LogP contribution in [0.2, 0.25) is 0 Å². The minimum absolute atomic E-state index is 0.193. The minimum Gasteiger partial charge on any atom is -0.481 e. The zero-order valence-corrected chi connectivity index (χ0v) is 12.8. The van der Waals surface area contributed by atoms with Gasteiger partial charge in [0.05, 0.1) is 18.4 Å².